The second kappa shape index (κ2) is 7.56. The fraction of sp³-hybridized carbons (Fsp3) is 0.400. The first-order chi connectivity index (χ1) is 10.1. The number of hydrogen-bond donors (Lipinski definition) is 1. The van der Waals surface area contributed by atoms with E-state index in [1.807, 2.05) is 24.6 Å². The van der Waals surface area contributed by atoms with E-state index in [4.69, 9.17) is 4.74 Å². The Hall–Kier alpha value is -1.40. The van der Waals surface area contributed by atoms with Gasteiger partial charge in [0.05, 0.1) is 10.2 Å². The van der Waals surface area contributed by atoms with Gasteiger partial charge in [0.1, 0.15) is 5.82 Å². The number of anilines is 2. The zero-order valence-corrected chi connectivity index (χ0v) is 13.8. The van der Waals surface area contributed by atoms with E-state index in [-0.39, 0.29) is 5.82 Å². The maximum absolute atomic E-state index is 13.3. The Morgan fingerprint density at radius 2 is 2.24 bits per heavy atom. The van der Waals surface area contributed by atoms with Gasteiger partial charge in [-0.25, -0.2) is 9.37 Å². The number of ether oxygens (including phenoxy) is 1. The van der Waals surface area contributed by atoms with Crippen LogP contribution in [0.1, 0.15) is 19.0 Å². The molecule has 0 aliphatic rings. The van der Waals surface area contributed by atoms with Gasteiger partial charge >= 0.3 is 0 Å². The van der Waals surface area contributed by atoms with Crippen molar-refractivity contribution in [3.8, 4) is 0 Å². The van der Waals surface area contributed by atoms with Crippen LogP contribution in [0.2, 0.25) is 0 Å². The van der Waals surface area contributed by atoms with Gasteiger partial charge in [-0.1, -0.05) is 0 Å². The fourth-order valence-electron chi connectivity index (χ4n) is 2.00. The van der Waals surface area contributed by atoms with E-state index in [1.165, 1.54) is 6.07 Å². The van der Waals surface area contributed by atoms with Gasteiger partial charge in [-0.2, -0.15) is 0 Å². The van der Waals surface area contributed by atoms with Crippen molar-refractivity contribution in [2.75, 3.05) is 18.5 Å². The minimum absolute atomic E-state index is 0.281. The molecule has 1 heterocycles. The standard InChI is InChI=1S/C15H19BrFN3O/c1-3-21-8-4-7-20-10-11(2)18-15(20)19-12-5-6-14(17)13(16)9-12/h5-6,9-10H,3-4,7-8H2,1-2H3,(H,18,19). The summed E-state index contributed by atoms with van der Waals surface area (Å²) in [4.78, 5) is 4.46. The third-order valence-corrected chi connectivity index (χ3v) is 3.57. The normalized spacial score (nSPS) is 10.9. The molecule has 0 amide bonds. The van der Waals surface area contributed by atoms with Crippen molar-refractivity contribution in [3.05, 3.63) is 40.4 Å². The van der Waals surface area contributed by atoms with Gasteiger partial charge in [0.15, 0.2) is 0 Å². The quantitative estimate of drug-likeness (QED) is 0.754. The number of aryl methyl sites for hydroxylation is 2. The predicted octanol–water partition coefficient (Wildman–Crippen LogP) is 4.26. The van der Waals surface area contributed by atoms with Crippen molar-refractivity contribution < 1.29 is 9.13 Å². The Kier molecular flexibility index (Phi) is 5.76. The molecule has 21 heavy (non-hydrogen) atoms. The van der Waals surface area contributed by atoms with Crippen LogP contribution in [-0.4, -0.2) is 22.8 Å². The van der Waals surface area contributed by atoms with Crippen molar-refractivity contribution in [3.63, 3.8) is 0 Å². The molecular formula is C15H19BrFN3O. The Bertz CT molecular complexity index is 601. The Labute approximate surface area is 132 Å². The van der Waals surface area contributed by atoms with Crippen LogP contribution in [0.25, 0.3) is 0 Å². The van der Waals surface area contributed by atoms with Crippen LogP contribution in [0.3, 0.4) is 0 Å². The lowest BCUT2D eigenvalue weighted by Crippen LogP contribution is -2.06. The summed E-state index contributed by atoms with van der Waals surface area (Å²) in [5.74, 6) is 0.472. The maximum Gasteiger partial charge on any atom is 0.207 e. The number of benzene rings is 1. The van der Waals surface area contributed by atoms with E-state index in [1.54, 1.807) is 12.1 Å². The fourth-order valence-corrected chi connectivity index (χ4v) is 2.38. The van der Waals surface area contributed by atoms with E-state index in [0.717, 1.165) is 43.5 Å². The SMILES string of the molecule is CCOCCCn1cc(C)nc1Nc1ccc(F)c(Br)c1. The first-order valence-electron chi connectivity index (χ1n) is 6.93. The van der Waals surface area contributed by atoms with E-state index >= 15 is 0 Å². The molecule has 4 nitrogen and oxygen atoms in total. The molecule has 1 N–H and O–H groups in total. The first kappa shape index (κ1) is 16.0. The molecule has 0 saturated heterocycles. The summed E-state index contributed by atoms with van der Waals surface area (Å²) in [5.41, 5.74) is 1.73. The summed E-state index contributed by atoms with van der Waals surface area (Å²) in [6.45, 7) is 6.23. The highest BCUT2D eigenvalue weighted by molar-refractivity contribution is 9.10. The number of nitrogens with one attached hydrogen (secondary N) is 1. The summed E-state index contributed by atoms with van der Waals surface area (Å²) in [6.07, 6.45) is 2.91. The van der Waals surface area contributed by atoms with Crippen molar-refractivity contribution in [1.29, 1.82) is 0 Å². The largest absolute Gasteiger partial charge is 0.382 e. The highest BCUT2D eigenvalue weighted by atomic mass is 79.9. The number of hydrogen-bond acceptors (Lipinski definition) is 3. The van der Waals surface area contributed by atoms with Crippen molar-refractivity contribution in [2.45, 2.75) is 26.8 Å². The van der Waals surface area contributed by atoms with Gasteiger partial charge in [-0.3, -0.25) is 0 Å². The van der Waals surface area contributed by atoms with Gasteiger partial charge in [-0.05, 0) is 54.4 Å². The molecule has 0 atom stereocenters. The van der Waals surface area contributed by atoms with Gasteiger partial charge in [0.2, 0.25) is 5.95 Å². The smallest absolute Gasteiger partial charge is 0.207 e. The molecule has 0 fully saturated rings. The first-order valence-corrected chi connectivity index (χ1v) is 7.73. The molecule has 1 aromatic carbocycles. The van der Waals surface area contributed by atoms with E-state index < -0.39 is 0 Å². The molecule has 2 rings (SSSR count). The van der Waals surface area contributed by atoms with Crippen LogP contribution >= 0.6 is 15.9 Å². The van der Waals surface area contributed by atoms with Crippen LogP contribution in [-0.2, 0) is 11.3 Å². The van der Waals surface area contributed by atoms with Crippen molar-refractivity contribution in [2.24, 2.45) is 0 Å². The number of halogens is 2. The highest BCUT2D eigenvalue weighted by Gasteiger charge is 2.07. The summed E-state index contributed by atoms with van der Waals surface area (Å²) >= 11 is 3.18. The Morgan fingerprint density at radius 3 is 2.95 bits per heavy atom. The molecule has 0 spiro atoms. The van der Waals surface area contributed by atoms with E-state index in [9.17, 15) is 4.39 Å². The lowest BCUT2D eigenvalue weighted by molar-refractivity contribution is 0.142. The van der Waals surface area contributed by atoms with E-state index in [0.29, 0.717) is 4.47 Å². The molecule has 0 aliphatic heterocycles. The van der Waals surface area contributed by atoms with Crippen LogP contribution < -0.4 is 5.32 Å². The zero-order valence-electron chi connectivity index (χ0n) is 12.2. The van der Waals surface area contributed by atoms with Crippen molar-refractivity contribution in [1.82, 2.24) is 9.55 Å². The predicted molar refractivity (Wildman–Crippen MR) is 85.5 cm³/mol. The third kappa shape index (κ3) is 4.54. The topological polar surface area (TPSA) is 39.1 Å². The molecule has 0 aliphatic carbocycles. The van der Waals surface area contributed by atoms with Gasteiger partial charge < -0.3 is 14.6 Å². The molecular weight excluding hydrogens is 337 g/mol. The minimum Gasteiger partial charge on any atom is -0.382 e. The maximum atomic E-state index is 13.3. The highest BCUT2D eigenvalue weighted by Crippen LogP contribution is 2.23. The average molecular weight is 356 g/mol. The van der Waals surface area contributed by atoms with Crippen LogP contribution in [0.5, 0.6) is 0 Å². The minimum atomic E-state index is -0.281. The molecule has 6 heteroatoms. The number of aromatic nitrogens is 2. The van der Waals surface area contributed by atoms with Crippen LogP contribution in [0, 0.1) is 12.7 Å². The lowest BCUT2D eigenvalue weighted by atomic mass is 10.3. The molecule has 0 unspecified atom stereocenters. The number of imidazole rings is 1. The molecule has 2 aromatic rings. The monoisotopic (exact) mass is 355 g/mol. The molecule has 114 valence electrons. The molecule has 0 radical (unpaired) electrons. The zero-order chi connectivity index (χ0) is 15.2. The van der Waals surface area contributed by atoms with Gasteiger partial charge in [0.25, 0.3) is 0 Å². The second-order valence-electron chi connectivity index (χ2n) is 4.70. The second-order valence-corrected chi connectivity index (χ2v) is 5.56. The van der Waals surface area contributed by atoms with Crippen LogP contribution in [0.15, 0.2) is 28.9 Å². The summed E-state index contributed by atoms with van der Waals surface area (Å²) in [6, 6.07) is 4.81. The van der Waals surface area contributed by atoms with Crippen LogP contribution in [0.4, 0.5) is 16.0 Å². The summed E-state index contributed by atoms with van der Waals surface area (Å²) in [5, 5.41) is 3.22. The summed E-state index contributed by atoms with van der Waals surface area (Å²) < 4.78 is 21.1. The molecule has 1 aromatic heterocycles. The third-order valence-electron chi connectivity index (χ3n) is 2.96. The number of rotatable bonds is 7. The number of nitrogens with zero attached hydrogens (tertiary/aromatic N) is 2. The van der Waals surface area contributed by atoms with Gasteiger partial charge in [0, 0.05) is 31.6 Å². The van der Waals surface area contributed by atoms with E-state index in [2.05, 4.69) is 26.2 Å². The van der Waals surface area contributed by atoms with Crippen molar-refractivity contribution >= 4 is 27.6 Å². The van der Waals surface area contributed by atoms with Gasteiger partial charge in [-0.15, -0.1) is 0 Å². The summed E-state index contributed by atoms with van der Waals surface area (Å²) in [7, 11) is 0. The average Bonchev–Trinajstić information content (AvgIpc) is 2.79. The molecule has 0 saturated carbocycles. The lowest BCUT2D eigenvalue weighted by Gasteiger charge is -2.10. The molecule has 0 bridgehead atoms. The Balaban J connectivity index is 2.06. The Morgan fingerprint density at radius 1 is 1.43 bits per heavy atom.